The zero-order valence-electron chi connectivity index (χ0n) is 10.1. The van der Waals surface area contributed by atoms with E-state index in [-0.39, 0.29) is 17.7 Å². The Bertz CT molecular complexity index is 834. The molecule has 2 heterocycles. The first kappa shape index (κ1) is 12.2. The summed E-state index contributed by atoms with van der Waals surface area (Å²) in [6, 6.07) is 5.82. The molecule has 0 aliphatic rings. The molecule has 0 radical (unpaired) electrons. The summed E-state index contributed by atoms with van der Waals surface area (Å²) in [5.41, 5.74) is 1.06. The molecule has 3 aromatic rings. The molecule has 0 unspecified atom stereocenters. The molecule has 5 nitrogen and oxygen atoms in total. The van der Waals surface area contributed by atoms with Crippen molar-refractivity contribution in [1.29, 1.82) is 5.26 Å². The first-order valence-electron chi connectivity index (χ1n) is 5.71. The van der Waals surface area contributed by atoms with Crippen LogP contribution in [0.5, 0.6) is 0 Å². The topological polar surface area (TPSA) is 66.9 Å². The van der Waals surface area contributed by atoms with E-state index < -0.39 is 11.6 Å². The average Bonchev–Trinajstić information content (AvgIpc) is 2.92. The van der Waals surface area contributed by atoms with Gasteiger partial charge in [-0.2, -0.15) is 10.4 Å². The number of rotatable bonds is 2. The van der Waals surface area contributed by atoms with E-state index in [1.807, 2.05) is 6.07 Å². The molecule has 0 saturated carbocycles. The van der Waals surface area contributed by atoms with Gasteiger partial charge in [0.1, 0.15) is 12.4 Å². The first-order valence-corrected chi connectivity index (χ1v) is 5.71. The molecule has 0 spiro atoms. The second-order valence-electron chi connectivity index (χ2n) is 4.10. The molecule has 0 aliphatic carbocycles. The number of aromatic nitrogens is 4. The van der Waals surface area contributed by atoms with Gasteiger partial charge in [-0.25, -0.2) is 23.3 Å². The summed E-state index contributed by atoms with van der Waals surface area (Å²) < 4.78 is 28.3. The second kappa shape index (κ2) is 4.66. The summed E-state index contributed by atoms with van der Waals surface area (Å²) in [6.07, 6.45) is 2.76. The minimum Gasteiger partial charge on any atom is -0.236 e. The first-order chi connectivity index (χ1) is 9.69. The summed E-state index contributed by atoms with van der Waals surface area (Å²) in [4.78, 5) is 8.09. The summed E-state index contributed by atoms with van der Waals surface area (Å²) in [5, 5.41) is 12.8. The van der Waals surface area contributed by atoms with E-state index in [4.69, 9.17) is 5.26 Å². The molecule has 1 aromatic carbocycles. The van der Waals surface area contributed by atoms with Gasteiger partial charge in [0.25, 0.3) is 0 Å². The van der Waals surface area contributed by atoms with Crippen molar-refractivity contribution in [3.63, 3.8) is 0 Å². The molecule has 20 heavy (non-hydrogen) atoms. The fraction of sp³-hybridized carbons (Fsp3) is 0.0769. The fourth-order valence-electron chi connectivity index (χ4n) is 1.93. The summed E-state index contributed by atoms with van der Waals surface area (Å²) in [6.45, 7) is 0. The van der Waals surface area contributed by atoms with Crippen LogP contribution in [0.1, 0.15) is 17.0 Å². The predicted octanol–water partition coefficient (Wildman–Crippen LogP) is 1.86. The monoisotopic (exact) mass is 271 g/mol. The van der Waals surface area contributed by atoms with Crippen LogP contribution in [0.25, 0.3) is 5.65 Å². The number of benzene rings is 1. The lowest BCUT2D eigenvalue weighted by molar-refractivity contribution is 0.500. The second-order valence-corrected chi connectivity index (χ2v) is 4.10. The van der Waals surface area contributed by atoms with Crippen LogP contribution in [0.3, 0.4) is 0 Å². The Balaban J connectivity index is 2.13. The number of hydrogen-bond acceptors (Lipinski definition) is 4. The van der Waals surface area contributed by atoms with Gasteiger partial charge in [0.05, 0.1) is 11.9 Å². The molecular formula is C13H7F2N5. The Morgan fingerprint density at radius 3 is 2.95 bits per heavy atom. The van der Waals surface area contributed by atoms with Crippen molar-refractivity contribution in [3.8, 4) is 6.07 Å². The lowest BCUT2D eigenvalue weighted by Crippen LogP contribution is -2.03. The lowest BCUT2D eigenvalue weighted by atomic mass is 10.1. The number of nitrogens with zero attached hydrogens (tertiary/aromatic N) is 5. The third-order valence-electron chi connectivity index (χ3n) is 2.84. The van der Waals surface area contributed by atoms with Gasteiger partial charge < -0.3 is 0 Å². The van der Waals surface area contributed by atoms with Crippen LogP contribution in [0.4, 0.5) is 8.78 Å². The van der Waals surface area contributed by atoms with Crippen LogP contribution in [0, 0.1) is 23.0 Å². The summed E-state index contributed by atoms with van der Waals surface area (Å²) in [7, 11) is 0. The fourth-order valence-corrected chi connectivity index (χ4v) is 1.93. The van der Waals surface area contributed by atoms with Gasteiger partial charge in [-0.15, -0.1) is 0 Å². The van der Waals surface area contributed by atoms with E-state index in [1.165, 1.54) is 29.2 Å². The molecule has 2 aromatic heterocycles. The van der Waals surface area contributed by atoms with Gasteiger partial charge in [0.2, 0.25) is 0 Å². The number of fused-ring (bicyclic) bond motifs is 1. The summed E-state index contributed by atoms with van der Waals surface area (Å²) >= 11 is 0. The number of hydrogen-bond donors (Lipinski definition) is 0. The molecule has 98 valence electrons. The third kappa shape index (κ3) is 1.97. The Kier molecular flexibility index (Phi) is 2.84. The maximum Gasteiger partial charge on any atom is 0.177 e. The third-order valence-corrected chi connectivity index (χ3v) is 2.84. The lowest BCUT2D eigenvalue weighted by Gasteiger charge is -2.05. The van der Waals surface area contributed by atoms with Crippen LogP contribution >= 0.6 is 0 Å². The molecule has 0 fully saturated rings. The quantitative estimate of drug-likeness (QED) is 0.713. The highest BCUT2D eigenvalue weighted by Crippen LogP contribution is 2.17. The van der Waals surface area contributed by atoms with Crippen molar-refractivity contribution in [2.75, 3.05) is 0 Å². The molecule has 0 aliphatic heterocycles. The predicted molar refractivity (Wildman–Crippen MR) is 64.7 cm³/mol. The largest absolute Gasteiger partial charge is 0.236 e. The standard InChI is InChI=1S/C13H7F2N5/c14-10-3-1-2-8(12(10)15)4-11-13-17-7-18-20(13)6-9(5-16)19-11/h1-3,6-7H,4H2. The van der Waals surface area contributed by atoms with Crippen LogP contribution in [-0.2, 0) is 6.42 Å². The molecule has 0 saturated heterocycles. The van der Waals surface area contributed by atoms with Gasteiger partial charge >= 0.3 is 0 Å². The van der Waals surface area contributed by atoms with E-state index in [0.717, 1.165) is 6.07 Å². The zero-order valence-corrected chi connectivity index (χ0v) is 10.1. The van der Waals surface area contributed by atoms with E-state index in [0.29, 0.717) is 11.3 Å². The van der Waals surface area contributed by atoms with Gasteiger partial charge in [-0.05, 0) is 11.6 Å². The van der Waals surface area contributed by atoms with Crippen molar-refractivity contribution in [1.82, 2.24) is 19.6 Å². The zero-order chi connectivity index (χ0) is 14.1. The minimum absolute atomic E-state index is 0.0291. The molecular weight excluding hydrogens is 264 g/mol. The van der Waals surface area contributed by atoms with E-state index >= 15 is 0 Å². The van der Waals surface area contributed by atoms with Crippen molar-refractivity contribution in [3.05, 3.63) is 59.3 Å². The maximum absolute atomic E-state index is 13.7. The van der Waals surface area contributed by atoms with Crippen molar-refractivity contribution in [2.45, 2.75) is 6.42 Å². The van der Waals surface area contributed by atoms with Crippen LogP contribution in [-0.4, -0.2) is 19.6 Å². The Labute approximate surface area is 112 Å². The van der Waals surface area contributed by atoms with Crippen molar-refractivity contribution >= 4 is 5.65 Å². The molecule has 3 rings (SSSR count). The molecule has 0 bridgehead atoms. The number of nitriles is 1. The van der Waals surface area contributed by atoms with Crippen LogP contribution in [0.2, 0.25) is 0 Å². The molecule has 0 N–H and O–H groups in total. The molecule has 0 atom stereocenters. The van der Waals surface area contributed by atoms with E-state index in [9.17, 15) is 8.78 Å². The summed E-state index contributed by atoms with van der Waals surface area (Å²) in [5.74, 6) is -1.84. The van der Waals surface area contributed by atoms with Gasteiger partial charge in [-0.1, -0.05) is 12.1 Å². The van der Waals surface area contributed by atoms with Crippen LogP contribution in [0.15, 0.2) is 30.7 Å². The van der Waals surface area contributed by atoms with Crippen molar-refractivity contribution < 1.29 is 8.78 Å². The normalized spacial score (nSPS) is 10.7. The van der Waals surface area contributed by atoms with Gasteiger partial charge in [-0.3, -0.25) is 0 Å². The van der Waals surface area contributed by atoms with Gasteiger partial charge in [0, 0.05) is 6.42 Å². The average molecular weight is 271 g/mol. The van der Waals surface area contributed by atoms with Crippen LogP contribution < -0.4 is 0 Å². The minimum atomic E-state index is -0.922. The number of halogens is 2. The smallest absolute Gasteiger partial charge is 0.177 e. The Morgan fingerprint density at radius 2 is 2.15 bits per heavy atom. The van der Waals surface area contributed by atoms with E-state index in [1.54, 1.807) is 0 Å². The highest BCUT2D eigenvalue weighted by Gasteiger charge is 2.13. The Morgan fingerprint density at radius 1 is 1.30 bits per heavy atom. The SMILES string of the molecule is N#Cc1cn2ncnc2c(Cc2cccc(F)c2F)n1. The van der Waals surface area contributed by atoms with Crippen molar-refractivity contribution in [2.24, 2.45) is 0 Å². The maximum atomic E-state index is 13.7. The van der Waals surface area contributed by atoms with E-state index in [2.05, 4.69) is 15.1 Å². The Hall–Kier alpha value is -2.88. The van der Waals surface area contributed by atoms with Gasteiger partial charge in [0.15, 0.2) is 23.0 Å². The molecule has 0 amide bonds. The molecule has 7 heteroatoms. The highest BCUT2D eigenvalue weighted by atomic mass is 19.2. The highest BCUT2D eigenvalue weighted by molar-refractivity contribution is 5.46.